The molecule has 1 aliphatic rings. The van der Waals surface area contributed by atoms with Crippen molar-refractivity contribution < 1.29 is 14.7 Å². The lowest BCUT2D eigenvalue weighted by Crippen LogP contribution is -2.35. The molecule has 19 heavy (non-hydrogen) atoms. The fourth-order valence-corrected chi connectivity index (χ4v) is 2.28. The van der Waals surface area contributed by atoms with E-state index in [4.69, 9.17) is 16.7 Å². The molecule has 0 atom stereocenters. The van der Waals surface area contributed by atoms with Gasteiger partial charge in [-0.15, -0.1) is 0 Å². The number of carbonyl (C=O) groups is 2. The molecule has 4 nitrogen and oxygen atoms in total. The fourth-order valence-electron chi connectivity index (χ4n) is 2.15. The number of rotatable bonds is 6. The van der Waals surface area contributed by atoms with Crippen LogP contribution < -0.4 is 5.32 Å². The number of aliphatic carboxylic acids is 1. The third-order valence-electron chi connectivity index (χ3n) is 3.43. The Labute approximate surface area is 116 Å². The van der Waals surface area contributed by atoms with E-state index in [2.05, 4.69) is 5.32 Å². The maximum atomic E-state index is 12.2. The van der Waals surface area contributed by atoms with E-state index in [1.54, 1.807) is 12.1 Å². The number of benzene rings is 1. The van der Waals surface area contributed by atoms with Crippen molar-refractivity contribution in [1.29, 1.82) is 0 Å². The summed E-state index contributed by atoms with van der Waals surface area (Å²) in [5.74, 6) is -0.853. The van der Waals surface area contributed by atoms with Crippen molar-refractivity contribution in [2.45, 2.75) is 31.1 Å². The quantitative estimate of drug-likeness (QED) is 0.787. The van der Waals surface area contributed by atoms with E-state index in [0.29, 0.717) is 18.0 Å². The van der Waals surface area contributed by atoms with Crippen LogP contribution in [0.5, 0.6) is 0 Å². The lowest BCUT2D eigenvalue weighted by molar-refractivity contribution is -0.137. The molecular formula is C14H16ClNO3. The van der Waals surface area contributed by atoms with Crippen LogP contribution in [0.15, 0.2) is 24.3 Å². The van der Waals surface area contributed by atoms with Gasteiger partial charge >= 0.3 is 5.97 Å². The molecule has 1 aliphatic carbocycles. The lowest BCUT2D eigenvalue weighted by atomic mass is 9.95. The predicted molar refractivity (Wildman–Crippen MR) is 72.2 cm³/mol. The Bertz CT molecular complexity index is 480. The van der Waals surface area contributed by atoms with Gasteiger partial charge in [0.05, 0.1) is 5.41 Å². The van der Waals surface area contributed by atoms with Gasteiger partial charge < -0.3 is 10.4 Å². The van der Waals surface area contributed by atoms with Crippen LogP contribution in [0.25, 0.3) is 0 Å². The van der Waals surface area contributed by atoms with Crippen LogP contribution in [-0.2, 0) is 15.0 Å². The number of carboxylic acid groups (broad SMARTS) is 1. The van der Waals surface area contributed by atoms with Gasteiger partial charge in [0, 0.05) is 18.0 Å². The number of hydrogen-bond acceptors (Lipinski definition) is 2. The number of amides is 1. The molecule has 1 fully saturated rings. The lowest BCUT2D eigenvalue weighted by Gasteiger charge is -2.15. The second-order valence-corrected chi connectivity index (χ2v) is 5.28. The monoisotopic (exact) mass is 281 g/mol. The van der Waals surface area contributed by atoms with Crippen LogP contribution in [0, 0.1) is 0 Å². The maximum Gasteiger partial charge on any atom is 0.303 e. The Morgan fingerprint density at radius 1 is 1.26 bits per heavy atom. The summed E-state index contributed by atoms with van der Waals surface area (Å²) in [7, 11) is 0. The van der Waals surface area contributed by atoms with Crippen LogP contribution in [-0.4, -0.2) is 23.5 Å². The molecular weight excluding hydrogens is 266 g/mol. The third kappa shape index (κ3) is 3.26. The summed E-state index contributed by atoms with van der Waals surface area (Å²) >= 11 is 5.84. The Hall–Kier alpha value is -1.55. The van der Waals surface area contributed by atoms with Gasteiger partial charge in [0.15, 0.2) is 0 Å². The first kappa shape index (κ1) is 13.9. The zero-order valence-corrected chi connectivity index (χ0v) is 11.2. The minimum absolute atomic E-state index is 0.0137. The number of hydrogen-bond donors (Lipinski definition) is 2. The normalized spacial score (nSPS) is 15.8. The molecule has 5 heteroatoms. The first-order chi connectivity index (χ1) is 9.04. The molecule has 102 valence electrons. The number of carboxylic acids is 1. The van der Waals surface area contributed by atoms with Crippen LogP contribution in [0.2, 0.25) is 5.02 Å². The summed E-state index contributed by atoms with van der Waals surface area (Å²) in [5, 5.41) is 12.0. The minimum Gasteiger partial charge on any atom is -0.481 e. The van der Waals surface area contributed by atoms with Crippen molar-refractivity contribution in [3.63, 3.8) is 0 Å². The van der Waals surface area contributed by atoms with Crippen LogP contribution in [0.1, 0.15) is 31.2 Å². The summed E-state index contributed by atoms with van der Waals surface area (Å²) in [4.78, 5) is 22.5. The highest BCUT2D eigenvalue weighted by Gasteiger charge is 2.50. The smallest absolute Gasteiger partial charge is 0.303 e. The van der Waals surface area contributed by atoms with Gasteiger partial charge in [-0.2, -0.15) is 0 Å². The Morgan fingerprint density at radius 2 is 1.89 bits per heavy atom. The van der Waals surface area contributed by atoms with E-state index in [-0.39, 0.29) is 12.3 Å². The molecule has 2 N–H and O–H groups in total. The first-order valence-corrected chi connectivity index (χ1v) is 6.68. The van der Waals surface area contributed by atoms with E-state index in [1.165, 1.54) is 0 Å². The minimum atomic E-state index is -0.840. The van der Waals surface area contributed by atoms with Crippen molar-refractivity contribution in [2.24, 2.45) is 0 Å². The largest absolute Gasteiger partial charge is 0.481 e. The summed E-state index contributed by atoms with van der Waals surface area (Å²) < 4.78 is 0. The van der Waals surface area contributed by atoms with Crippen molar-refractivity contribution in [3.05, 3.63) is 34.9 Å². The molecule has 0 aliphatic heterocycles. The highest BCUT2D eigenvalue weighted by atomic mass is 35.5. The second kappa shape index (κ2) is 5.61. The van der Waals surface area contributed by atoms with Gasteiger partial charge in [-0.25, -0.2) is 0 Å². The number of halogens is 1. The Kier molecular flexibility index (Phi) is 4.10. The molecule has 1 saturated carbocycles. The molecule has 2 rings (SSSR count). The van der Waals surface area contributed by atoms with Gasteiger partial charge in [-0.3, -0.25) is 9.59 Å². The van der Waals surface area contributed by atoms with Crippen molar-refractivity contribution in [3.8, 4) is 0 Å². The number of carbonyl (C=O) groups excluding carboxylic acids is 1. The molecule has 0 heterocycles. The summed E-state index contributed by atoms with van der Waals surface area (Å²) in [6.07, 6.45) is 2.20. The predicted octanol–water partition coefficient (Wildman–Crippen LogP) is 2.35. The zero-order chi connectivity index (χ0) is 13.9. The van der Waals surface area contributed by atoms with Crippen LogP contribution >= 0.6 is 11.6 Å². The SMILES string of the molecule is O=C(O)CCCNC(=O)C1(c2ccc(Cl)cc2)CC1. The van der Waals surface area contributed by atoms with Crippen molar-refractivity contribution >= 4 is 23.5 Å². The topological polar surface area (TPSA) is 66.4 Å². The highest BCUT2D eigenvalue weighted by molar-refractivity contribution is 6.30. The van der Waals surface area contributed by atoms with Gasteiger partial charge in [0.25, 0.3) is 0 Å². The Balaban J connectivity index is 1.91. The average molecular weight is 282 g/mol. The molecule has 1 amide bonds. The van der Waals surface area contributed by atoms with Gasteiger partial charge in [0.1, 0.15) is 0 Å². The highest BCUT2D eigenvalue weighted by Crippen LogP contribution is 2.48. The van der Waals surface area contributed by atoms with Gasteiger partial charge in [-0.1, -0.05) is 23.7 Å². The van der Waals surface area contributed by atoms with Gasteiger partial charge in [-0.05, 0) is 37.0 Å². The first-order valence-electron chi connectivity index (χ1n) is 6.31. The van der Waals surface area contributed by atoms with E-state index in [9.17, 15) is 9.59 Å². The molecule has 1 aromatic rings. The average Bonchev–Trinajstić information content (AvgIpc) is 3.16. The molecule has 0 radical (unpaired) electrons. The molecule has 0 bridgehead atoms. The summed E-state index contributed by atoms with van der Waals surface area (Å²) in [5.41, 5.74) is 0.556. The number of nitrogens with one attached hydrogen (secondary N) is 1. The van der Waals surface area contributed by atoms with Crippen molar-refractivity contribution in [1.82, 2.24) is 5.32 Å². The van der Waals surface area contributed by atoms with E-state index >= 15 is 0 Å². The van der Waals surface area contributed by atoms with Gasteiger partial charge in [0.2, 0.25) is 5.91 Å². The zero-order valence-electron chi connectivity index (χ0n) is 10.5. The van der Waals surface area contributed by atoms with Crippen LogP contribution in [0.3, 0.4) is 0 Å². The third-order valence-corrected chi connectivity index (χ3v) is 3.69. The van der Waals surface area contributed by atoms with Crippen molar-refractivity contribution in [2.75, 3.05) is 6.54 Å². The fraction of sp³-hybridized carbons (Fsp3) is 0.429. The summed E-state index contributed by atoms with van der Waals surface area (Å²) in [6, 6.07) is 7.33. The Morgan fingerprint density at radius 3 is 2.42 bits per heavy atom. The molecule has 0 saturated heterocycles. The van der Waals surface area contributed by atoms with Crippen LogP contribution in [0.4, 0.5) is 0 Å². The van der Waals surface area contributed by atoms with E-state index in [0.717, 1.165) is 18.4 Å². The molecule has 0 spiro atoms. The molecule has 0 aromatic heterocycles. The molecule has 1 aromatic carbocycles. The molecule has 0 unspecified atom stereocenters. The maximum absolute atomic E-state index is 12.2. The second-order valence-electron chi connectivity index (χ2n) is 4.84. The van der Waals surface area contributed by atoms with E-state index < -0.39 is 11.4 Å². The summed E-state index contributed by atoms with van der Waals surface area (Å²) in [6.45, 7) is 0.403. The standard InChI is InChI=1S/C14H16ClNO3/c15-11-5-3-10(4-6-11)14(7-8-14)13(19)16-9-1-2-12(17)18/h3-6H,1-2,7-9H2,(H,16,19)(H,17,18). The van der Waals surface area contributed by atoms with E-state index in [1.807, 2.05) is 12.1 Å².